The molecule has 0 aromatic carbocycles. The Kier molecular flexibility index (Phi) is 2.61. The molecule has 3 heterocycles. The Morgan fingerprint density at radius 2 is 2.44 bits per heavy atom. The van der Waals surface area contributed by atoms with Crippen molar-refractivity contribution in [3.05, 3.63) is 27.8 Å². The number of hydrogen-bond donors (Lipinski definition) is 1. The molecule has 1 atom stereocenters. The highest BCUT2D eigenvalue weighted by molar-refractivity contribution is 9.10. The Balaban J connectivity index is 2.12. The molecule has 0 aliphatic carbocycles. The third-order valence-corrected chi connectivity index (χ3v) is 4.38. The molecule has 0 radical (unpaired) electrons. The minimum absolute atomic E-state index is 0.225. The molecular formula is C11H11BrN2OS. The van der Waals surface area contributed by atoms with Crippen molar-refractivity contribution in [2.75, 3.05) is 0 Å². The van der Waals surface area contributed by atoms with Gasteiger partial charge in [0.25, 0.3) is 0 Å². The maximum absolute atomic E-state index is 9.66. The molecule has 3 rings (SSSR count). The number of aromatic nitrogens is 2. The van der Waals surface area contributed by atoms with Gasteiger partial charge in [0, 0.05) is 13.0 Å². The van der Waals surface area contributed by atoms with Crippen LogP contribution in [0, 0.1) is 0 Å². The maximum atomic E-state index is 9.66. The largest absolute Gasteiger partial charge is 0.393 e. The molecule has 0 saturated heterocycles. The smallest absolute Gasteiger partial charge is 0.151 e. The lowest BCUT2D eigenvalue weighted by Crippen LogP contribution is -2.23. The molecule has 1 unspecified atom stereocenters. The van der Waals surface area contributed by atoms with Gasteiger partial charge in [-0.05, 0) is 33.8 Å². The topological polar surface area (TPSA) is 38.0 Å². The van der Waals surface area contributed by atoms with E-state index >= 15 is 0 Å². The first-order chi connectivity index (χ1) is 7.75. The highest BCUT2D eigenvalue weighted by Crippen LogP contribution is 2.32. The first kappa shape index (κ1) is 10.5. The summed E-state index contributed by atoms with van der Waals surface area (Å²) in [4.78, 5) is 5.73. The van der Waals surface area contributed by atoms with Crippen molar-refractivity contribution >= 4 is 27.3 Å². The second-order valence-electron chi connectivity index (χ2n) is 3.95. The number of halogens is 1. The molecule has 1 N–H and O–H groups in total. The summed E-state index contributed by atoms with van der Waals surface area (Å²) in [6, 6.07) is 4.12. The molecule has 5 heteroatoms. The molecule has 0 fully saturated rings. The Morgan fingerprint density at radius 1 is 1.56 bits per heavy atom. The first-order valence-corrected chi connectivity index (χ1v) is 6.90. The lowest BCUT2D eigenvalue weighted by atomic mass is 10.1. The monoisotopic (exact) mass is 298 g/mol. The number of hydrogen-bond acceptors (Lipinski definition) is 3. The Bertz CT molecular complexity index is 506. The summed E-state index contributed by atoms with van der Waals surface area (Å²) in [6.45, 7) is 0.850. The van der Waals surface area contributed by atoms with Crippen LogP contribution in [-0.4, -0.2) is 20.8 Å². The fourth-order valence-corrected chi connectivity index (χ4v) is 3.36. The number of aliphatic hydroxyl groups excluding tert-OH is 1. The highest BCUT2D eigenvalue weighted by Gasteiger charge is 2.24. The second kappa shape index (κ2) is 3.98. The highest BCUT2D eigenvalue weighted by atomic mass is 79.9. The van der Waals surface area contributed by atoms with Crippen LogP contribution in [0.25, 0.3) is 10.7 Å². The first-order valence-electron chi connectivity index (χ1n) is 5.22. The van der Waals surface area contributed by atoms with Crippen molar-refractivity contribution in [2.24, 2.45) is 0 Å². The van der Waals surface area contributed by atoms with Gasteiger partial charge >= 0.3 is 0 Å². The van der Waals surface area contributed by atoms with E-state index in [2.05, 4.69) is 36.9 Å². The Morgan fingerprint density at radius 3 is 3.19 bits per heavy atom. The van der Waals surface area contributed by atoms with E-state index in [1.165, 1.54) is 4.88 Å². The van der Waals surface area contributed by atoms with Crippen LogP contribution in [-0.2, 0) is 13.0 Å². The van der Waals surface area contributed by atoms with Gasteiger partial charge in [-0.2, -0.15) is 0 Å². The summed E-state index contributed by atoms with van der Waals surface area (Å²) in [7, 11) is 0. The number of thiophene rings is 1. The lowest BCUT2D eigenvalue weighted by molar-refractivity contribution is 0.143. The van der Waals surface area contributed by atoms with Crippen LogP contribution in [0.3, 0.4) is 0 Å². The number of nitrogens with zero attached hydrogens (tertiary/aromatic N) is 2. The van der Waals surface area contributed by atoms with E-state index in [-0.39, 0.29) is 6.10 Å². The molecule has 16 heavy (non-hydrogen) atoms. The minimum atomic E-state index is -0.225. The van der Waals surface area contributed by atoms with Gasteiger partial charge in [0.2, 0.25) is 0 Å². The van der Waals surface area contributed by atoms with Crippen LogP contribution in [0.2, 0.25) is 0 Å². The van der Waals surface area contributed by atoms with E-state index in [0.29, 0.717) is 6.42 Å². The van der Waals surface area contributed by atoms with E-state index in [1.807, 2.05) is 6.07 Å². The zero-order chi connectivity index (χ0) is 11.1. The minimum Gasteiger partial charge on any atom is -0.393 e. The van der Waals surface area contributed by atoms with Crippen LogP contribution in [0.4, 0.5) is 0 Å². The van der Waals surface area contributed by atoms with E-state index in [9.17, 15) is 5.11 Å². The van der Waals surface area contributed by atoms with Crippen molar-refractivity contribution in [2.45, 2.75) is 25.5 Å². The number of rotatable bonds is 1. The average Bonchev–Trinajstić information content (AvgIpc) is 2.87. The molecule has 0 amide bonds. The van der Waals surface area contributed by atoms with Gasteiger partial charge in [-0.15, -0.1) is 11.3 Å². The van der Waals surface area contributed by atoms with Crippen molar-refractivity contribution in [3.8, 4) is 10.7 Å². The quantitative estimate of drug-likeness (QED) is 0.879. The summed E-state index contributed by atoms with van der Waals surface area (Å²) >= 11 is 5.17. The standard InChI is InChI=1S/C11H11BrN2OS/c12-10-8-6-7(15)3-4-14(8)11(13-10)9-2-1-5-16-9/h1-2,5,7,15H,3-4,6H2. The van der Waals surface area contributed by atoms with Crippen LogP contribution in [0.15, 0.2) is 22.1 Å². The molecule has 0 saturated carbocycles. The fraction of sp³-hybridized carbons (Fsp3) is 0.364. The third kappa shape index (κ3) is 1.63. The zero-order valence-corrected chi connectivity index (χ0v) is 11.0. The molecule has 1 aliphatic rings. The van der Waals surface area contributed by atoms with E-state index in [4.69, 9.17) is 0 Å². The Hall–Kier alpha value is -0.650. The van der Waals surface area contributed by atoms with Gasteiger partial charge in [-0.25, -0.2) is 4.98 Å². The molecule has 3 nitrogen and oxygen atoms in total. The van der Waals surface area contributed by atoms with E-state index in [1.54, 1.807) is 11.3 Å². The summed E-state index contributed by atoms with van der Waals surface area (Å²) in [5, 5.41) is 11.7. The van der Waals surface area contributed by atoms with Crippen molar-refractivity contribution in [1.82, 2.24) is 9.55 Å². The predicted octanol–water partition coefficient (Wildman–Crippen LogP) is 2.68. The molecule has 0 spiro atoms. The van der Waals surface area contributed by atoms with Crippen LogP contribution >= 0.6 is 27.3 Å². The van der Waals surface area contributed by atoms with Crippen molar-refractivity contribution < 1.29 is 5.11 Å². The SMILES string of the molecule is OC1CCn2c(-c3cccs3)nc(Br)c2C1. The fourth-order valence-electron chi connectivity index (χ4n) is 2.09. The number of fused-ring (bicyclic) bond motifs is 1. The average molecular weight is 299 g/mol. The predicted molar refractivity (Wildman–Crippen MR) is 67.6 cm³/mol. The van der Waals surface area contributed by atoms with Gasteiger partial charge in [-0.3, -0.25) is 0 Å². The summed E-state index contributed by atoms with van der Waals surface area (Å²) in [6.07, 6.45) is 1.28. The van der Waals surface area contributed by atoms with E-state index < -0.39 is 0 Å². The van der Waals surface area contributed by atoms with Crippen molar-refractivity contribution in [3.63, 3.8) is 0 Å². The Labute approximate surface area is 106 Å². The van der Waals surface area contributed by atoms with Crippen LogP contribution in [0.1, 0.15) is 12.1 Å². The molecule has 2 aromatic rings. The molecule has 0 bridgehead atoms. The van der Waals surface area contributed by atoms with Crippen molar-refractivity contribution in [1.29, 1.82) is 0 Å². The van der Waals surface area contributed by atoms with Gasteiger partial charge < -0.3 is 9.67 Å². The molecular weight excluding hydrogens is 288 g/mol. The molecule has 2 aromatic heterocycles. The molecule has 84 valence electrons. The van der Waals surface area contributed by atoms with Crippen LogP contribution < -0.4 is 0 Å². The summed E-state index contributed by atoms with van der Waals surface area (Å²) in [5.74, 6) is 1.02. The zero-order valence-electron chi connectivity index (χ0n) is 8.56. The number of imidazole rings is 1. The molecule has 1 aliphatic heterocycles. The summed E-state index contributed by atoms with van der Waals surface area (Å²) in [5.41, 5.74) is 1.11. The van der Waals surface area contributed by atoms with Gasteiger partial charge in [0.05, 0.1) is 16.7 Å². The number of aliphatic hydroxyl groups is 1. The lowest BCUT2D eigenvalue weighted by Gasteiger charge is -2.20. The van der Waals surface area contributed by atoms with E-state index in [0.717, 1.165) is 29.1 Å². The van der Waals surface area contributed by atoms with Crippen LogP contribution in [0.5, 0.6) is 0 Å². The third-order valence-electron chi connectivity index (χ3n) is 2.88. The second-order valence-corrected chi connectivity index (χ2v) is 5.65. The van der Waals surface area contributed by atoms with Gasteiger partial charge in [0.1, 0.15) is 4.60 Å². The maximum Gasteiger partial charge on any atom is 0.151 e. The normalized spacial score (nSPS) is 19.8. The summed E-state index contributed by atoms with van der Waals surface area (Å²) < 4.78 is 3.08. The van der Waals surface area contributed by atoms with Gasteiger partial charge in [-0.1, -0.05) is 6.07 Å². The van der Waals surface area contributed by atoms with Gasteiger partial charge in [0.15, 0.2) is 5.82 Å².